The zero-order valence-electron chi connectivity index (χ0n) is 18.1. The molecular weight excluding hydrogens is 414 g/mol. The minimum Gasteiger partial charge on any atom is -0.466 e. The van der Waals surface area contributed by atoms with Crippen LogP contribution in [0.3, 0.4) is 0 Å². The van der Waals surface area contributed by atoms with Gasteiger partial charge < -0.3 is 10.2 Å². The Hall–Kier alpha value is -2.68. The molecule has 7 nitrogen and oxygen atoms in total. The van der Waals surface area contributed by atoms with Crippen LogP contribution in [0.4, 0.5) is 0 Å². The molecule has 0 amide bonds. The number of benzene rings is 2. The van der Waals surface area contributed by atoms with E-state index in [-0.39, 0.29) is 16.9 Å². The van der Waals surface area contributed by atoms with E-state index in [4.69, 9.17) is 9.88 Å². The van der Waals surface area contributed by atoms with Crippen molar-refractivity contribution < 1.29 is 17.9 Å². The second-order valence-electron chi connectivity index (χ2n) is 7.65. The number of hydrogen-bond donors (Lipinski definition) is 2. The minimum atomic E-state index is -3.82. The zero-order valence-corrected chi connectivity index (χ0v) is 18.9. The number of primary sulfonamides is 1. The fourth-order valence-corrected chi connectivity index (χ4v) is 4.67. The van der Waals surface area contributed by atoms with Crippen LogP contribution in [0.5, 0.6) is 0 Å². The first-order valence-corrected chi connectivity index (χ1v) is 11.8. The summed E-state index contributed by atoms with van der Waals surface area (Å²) < 4.78 is 28.9. The van der Waals surface area contributed by atoms with Crippen LogP contribution in [-0.2, 0) is 26.0 Å². The van der Waals surface area contributed by atoms with Gasteiger partial charge in [-0.15, -0.1) is 0 Å². The van der Waals surface area contributed by atoms with Gasteiger partial charge in [-0.05, 0) is 37.0 Å². The second kappa shape index (κ2) is 9.64. The van der Waals surface area contributed by atoms with E-state index in [0.29, 0.717) is 17.6 Å². The van der Waals surface area contributed by atoms with Crippen molar-refractivity contribution >= 4 is 16.0 Å². The van der Waals surface area contributed by atoms with Crippen LogP contribution in [0.1, 0.15) is 32.3 Å². The van der Waals surface area contributed by atoms with E-state index in [1.54, 1.807) is 18.2 Å². The maximum Gasteiger partial charge on any atom is 0.337 e. The minimum absolute atomic E-state index is 0.0972. The van der Waals surface area contributed by atoms with Crippen molar-refractivity contribution in [1.82, 2.24) is 10.4 Å². The van der Waals surface area contributed by atoms with Gasteiger partial charge in [-0.25, -0.2) is 23.4 Å². The van der Waals surface area contributed by atoms with Gasteiger partial charge >= 0.3 is 5.97 Å². The van der Waals surface area contributed by atoms with E-state index in [2.05, 4.69) is 17.4 Å². The molecule has 1 atom stereocenters. The second-order valence-corrected chi connectivity index (χ2v) is 9.18. The van der Waals surface area contributed by atoms with Crippen molar-refractivity contribution in [2.24, 2.45) is 5.14 Å². The molecule has 8 heteroatoms. The van der Waals surface area contributed by atoms with Gasteiger partial charge in [0.05, 0.1) is 23.6 Å². The number of carbonyl (C=O) groups is 1. The molecule has 166 valence electrons. The van der Waals surface area contributed by atoms with E-state index < -0.39 is 10.0 Å². The van der Waals surface area contributed by atoms with Gasteiger partial charge in [-0.2, -0.15) is 0 Å². The van der Waals surface area contributed by atoms with Crippen molar-refractivity contribution in [1.29, 1.82) is 0 Å². The lowest BCUT2D eigenvalue weighted by molar-refractivity contribution is -0.136. The number of hydrazine groups is 1. The van der Waals surface area contributed by atoms with Gasteiger partial charge in [0.25, 0.3) is 0 Å². The molecule has 1 unspecified atom stereocenters. The Morgan fingerprint density at radius 1 is 1.16 bits per heavy atom. The Morgan fingerprint density at radius 3 is 2.45 bits per heavy atom. The lowest BCUT2D eigenvalue weighted by atomic mass is 9.96. The van der Waals surface area contributed by atoms with Crippen LogP contribution < -0.4 is 10.6 Å². The number of carbonyl (C=O) groups excluding carboxylic acids is 1. The predicted octanol–water partition coefficient (Wildman–Crippen LogP) is 2.98. The van der Waals surface area contributed by atoms with E-state index in [1.165, 1.54) is 13.2 Å². The number of hydrogen-bond acceptors (Lipinski definition) is 6. The molecule has 3 rings (SSSR count). The molecule has 0 spiro atoms. The Kier molecular flexibility index (Phi) is 7.15. The molecule has 0 aliphatic carbocycles. The summed E-state index contributed by atoms with van der Waals surface area (Å²) in [5, 5.41) is 7.46. The molecule has 0 saturated carbocycles. The third-order valence-electron chi connectivity index (χ3n) is 5.47. The van der Waals surface area contributed by atoms with Crippen molar-refractivity contribution in [2.75, 3.05) is 13.7 Å². The van der Waals surface area contributed by atoms with Gasteiger partial charge in [-0.3, -0.25) is 0 Å². The number of nitrogens with zero attached hydrogens (tertiary/aromatic N) is 1. The number of allylic oxidation sites excluding steroid dienone is 1. The summed E-state index contributed by atoms with van der Waals surface area (Å²) in [5.74, 6) is -0.326. The van der Waals surface area contributed by atoms with Gasteiger partial charge in [0.1, 0.15) is 0 Å². The molecule has 0 aromatic heterocycles. The first kappa shape index (κ1) is 23.0. The van der Waals surface area contributed by atoms with E-state index in [9.17, 15) is 13.2 Å². The molecule has 0 bridgehead atoms. The van der Waals surface area contributed by atoms with Crippen molar-refractivity contribution in [3.8, 4) is 11.1 Å². The summed E-state index contributed by atoms with van der Waals surface area (Å²) in [4.78, 5) is 12.5. The quantitative estimate of drug-likeness (QED) is 0.608. The smallest absolute Gasteiger partial charge is 0.337 e. The molecule has 1 aliphatic rings. The molecular formula is C23H29N3O4S. The monoisotopic (exact) mass is 443 g/mol. The third-order valence-corrected chi connectivity index (χ3v) is 6.44. The van der Waals surface area contributed by atoms with Crippen LogP contribution in [0.2, 0.25) is 0 Å². The lowest BCUT2D eigenvalue weighted by Crippen LogP contribution is -2.41. The first-order chi connectivity index (χ1) is 14.8. The average Bonchev–Trinajstić information content (AvgIpc) is 3.06. The molecule has 3 N–H and O–H groups in total. The van der Waals surface area contributed by atoms with Gasteiger partial charge in [-0.1, -0.05) is 55.8 Å². The van der Waals surface area contributed by atoms with Crippen molar-refractivity contribution in [2.45, 2.75) is 44.0 Å². The normalized spacial score (nSPS) is 17.0. The molecule has 0 radical (unpaired) electrons. The summed E-state index contributed by atoms with van der Waals surface area (Å²) in [7, 11) is -2.43. The van der Waals surface area contributed by atoms with Crippen LogP contribution in [0.25, 0.3) is 11.1 Å². The summed E-state index contributed by atoms with van der Waals surface area (Å²) in [5.41, 5.74) is 7.13. The van der Waals surface area contributed by atoms with Crippen molar-refractivity contribution in [3.63, 3.8) is 0 Å². The third kappa shape index (κ3) is 5.15. The summed E-state index contributed by atoms with van der Waals surface area (Å²) in [6.07, 6.45) is 2.68. The van der Waals surface area contributed by atoms with Gasteiger partial charge in [0, 0.05) is 17.8 Å². The topological polar surface area (TPSA) is 102 Å². The fraction of sp³-hybridized carbons (Fsp3) is 0.348. The standard InChI is InChI=1S/C23H29N3O4S/c1-4-5-14-26-20(22(16(2)25-26)23(27)30-3)15-17-10-12-18(13-11-17)19-8-6-7-9-21(19)31(24,28)29/h6-13,20,25H,4-5,14-15H2,1-3H3,(H2,24,28,29). The molecule has 1 heterocycles. The number of unbranched alkanes of at least 4 members (excludes halogenated alkanes) is 1. The molecule has 0 saturated heterocycles. The highest BCUT2D eigenvalue weighted by atomic mass is 32.2. The molecule has 2 aromatic carbocycles. The average molecular weight is 444 g/mol. The Morgan fingerprint density at radius 2 is 1.84 bits per heavy atom. The number of esters is 1. The Labute approximate surface area is 183 Å². The zero-order chi connectivity index (χ0) is 22.6. The van der Waals surface area contributed by atoms with Gasteiger partial charge in [0.15, 0.2) is 0 Å². The number of sulfonamides is 1. The van der Waals surface area contributed by atoms with Crippen LogP contribution >= 0.6 is 0 Å². The Bertz CT molecular complexity index is 1080. The van der Waals surface area contributed by atoms with Crippen LogP contribution in [-0.4, -0.2) is 39.1 Å². The highest BCUT2D eigenvalue weighted by Gasteiger charge is 2.35. The fourth-order valence-electron chi connectivity index (χ4n) is 3.91. The first-order valence-electron chi connectivity index (χ1n) is 10.3. The molecule has 31 heavy (non-hydrogen) atoms. The summed E-state index contributed by atoms with van der Waals surface area (Å²) >= 11 is 0. The number of nitrogens with one attached hydrogen (secondary N) is 1. The highest BCUT2D eigenvalue weighted by Crippen LogP contribution is 2.29. The number of rotatable bonds is 8. The highest BCUT2D eigenvalue weighted by molar-refractivity contribution is 7.89. The summed E-state index contributed by atoms with van der Waals surface area (Å²) in [6, 6.07) is 14.2. The predicted molar refractivity (Wildman–Crippen MR) is 120 cm³/mol. The molecule has 2 aromatic rings. The lowest BCUT2D eigenvalue weighted by Gasteiger charge is -2.26. The largest absolute Gasteiger partial charge is 0.466 e. The number of methoxy groups -OCH3 is 1. The van der Waals surface area contributed by atoms with Crippen LogP contribution in [0, 0.1) is 0 Å². The Balaban J connectivity index is 1.88. The van der Waals surface area contributed by atoms with E-state index >= 15 is 0 Å². The summed E-state index contributed by atoms with van der Waals surface area (Å²) in [6.45, 7) is 4.84. The van der Waals surface area contributed by atoms with Gasteiger partial charge in [0.2, 0.25) is 10.0 Å². The maximum atomic E-state index is 12.4. The number of nitrogens with two attached hydrogens (primary N) is 1. The van der Waals surface area contributed by atoms with E-state index in [0.717, 1.165) is 36.2 Å². The van der Waals surface area contributed by atoms with Crippen LogP contribution in [0.15, 0.2) is 64.7 Å². The SMILES string of the molecule is CCCCN1NC(C)=C(C(=O)OC)C1Cc1ccc(-c2ccccc2S(N)(=O)=O)cc1. The molecule has 0 fully saturated rings. The maximum absolute atomic E-state index is 12.4. The van der Waals surface area contributed by atoms with Crippen molar-refractivity contribution in [3.05, 3.63) is 65.4 Å². The number of ether oxygens (including phenoxy) is 1. The molecule has 1 aliphatic heterocycles. The van der Waals surface area contributed by atoms with E-state index in [1.807, 2.05) is 31.2 Å².